The monoisotopic (exact) mass is 400 g/mol. The van der Waals surface area contributed by atoms with E-state index in [0.717, 1.165) is 15.8 Å². The summed E-state index contributed by atoms with van der Waals surface area (Å²) in [6.45, 7) is 3.85. The highest BCUT2D eigenvalue weighted by Gasteiger charge is 2.11. The maximum absolute atomic E-state index is 12.7. The molecular formula is C21H24N2O4S. The molecular weight excluding hydrogens is 376 g/mol. The quantitative estimate of drug-likeness (QED) is 0.544. The Morgan fingerprint density at radius 3 is 2.71 bits per heavy atom. The van der Waals surface area contributed by atoms with E-state index in [2.05, 4.69) is 4.99 Å². The molecule has 1 aromatic heterocycles. The number of aromatic nitrogens is 1. The van der Waals surface area contributed by atoms with E-state index >= 15 is 0 Å². The predicted octanol–water partition coefficient (Wildman–Crippen LogP) is 3.43. The zero-order chi connectivity index (χ0) is 19.9. The van der Waals surface area contributed by atoms with Gasteiger partial charge in [0.25, 0.3) is 5.91 Å². The maximum atomic E-state index is 12.7. The molecule has 0 spiro atoms. The molecule has 0 aliphatic heterocycles. The lowest BCUT2D eigenvalue weighted by Gasteiger charge is -2.09. The van der Waals surface area contributed by atoms with E-state index in [0.29, 0.717) is 36.1 Å². The van der Waals surface area contributed by atoms with Gasteiger partial charge in [-0.25, -0.2) is 0 Å². The van der Waals surface area contributed by atoms with Gasteiger partial charge in [-0.05, 0) is 25.1 Å². The van der Waals surface area contributed by atoms with Crippen LogP contribution in [0.1, 0.15) is 12.5 Å². The molecule has 0 aliphatic rings. The molecule has 3 aromatic rings. The Morgan fingerprint density at radius 1 is 1.14 bits per heavy atom. The molecule has 28 heavy (non-hydrogen) atoms. The molecule has 0 saturated carbocycles. The molecule has 0 fully saturated rings. The second-order valence-corrected chi connectivity index (χ2v) is 7.07. The zero-order valence-corrected chi connectivity index (χ0v) is 17.1. The molecule has 0 atom stereocenters. The lowest BCUT2D eigenvalue weighted by Crippen LogP contribution is -2.20. The minimum absolute atomic E-state index is 0.160. The number of amides is 1. The van der Waals surface area contributed by atoms with Crippen LogP contribution in [0.2, 0.25) is 0 Å². The Hall–Kier alpha value is -2.64. The number of methoxy groups -OCH3 is 2. The highest BCUT2D eigenvalue weighted by molar-refractivity contribution is 7.16. The van der Waals surface area contributed by atoms with E-state index < -0.39 is 0 Å². The summed E-state index contributed by atoms with van der Waals surface area (Å²) in [6.07, 6.45) is 0.160. The molecule has 6 nitrogen and oxygen atoms in total. The van der Waals surface area contributed by atoms with Crippen LogP contribution in [0.5, 0.6) is 11.5 Å². The molecule has 0 bridgehead atoms. The first-order valence-corrected chi connectivity index (χ1v) is 9.92. The van der Waals surface area contributed by atoms with Crippen LogP contribution in [-0.4, -0.2) is 37.9 Å². The first-order valence-electron chi connectivity index (χ1n) is 9.10. The van der Waals surface area contributed by atoms with Gasteiger partial charge in [-0.2, -0.15) is 4.99 Å². The zero-order valence-electron chi connectivity index (χ0n) is 16.3. The van der Waals surface area contributed by atoms with Crippen LogP contribution < -0.4 is 14.3 Å². The number of ether oxygens (including phenoxy) is 3. The summed E-state index contributed by atoms with van der Waals surface area (Å²) in [5, 5.41) is 0. The normalized spacial score (nSPS) is 11.8. The minimum Gasteiger partial charge on any atom is -0.497 e. The summed E-state index contributed by atoms with van der Waals surface area (Å²) < 4.78 is 19.2. The van der Waals surface area contributed by atoms with E-state index in [9.17, 15) is 4.79 Å². The van der Waals surface area contributed by atoms with Crippen LogP contribution >= 0.6 is 11.3 Å². The van der Waals surface area contributed by atoms with Crippen molar-refractivity contribution in [2.75, 3.05) is 27.4 Å². The number of hydrogen-bond acceptors (Lipinski definition) is 5. The topological polar surface area (TPSA) is 62.1 Å². The summed E-state index contributed by atoms with van der Waals surface area (Å²) in [4.78, 5) is 17.7. The molecule has 0 unspecified atom stereocenters. The highest BCUT2D eigenvalue weighted by atomic mass is 32.1. The van der Waals surface area contributed by atoms with E-state index in [1.807, 2.05) is 47.9 Å². The van der Waals surface area contributed by atoms with Crippen molar-refractivity contribution in [3.8, 4) is 11.5 Å². The summed E-state index contributed by atoms with van der Waals surface area (Å²) in [5.74, 6) is 1.08. The fraction of sp³-hybridized carbons (Fsp3) is 0.333. The number of carbonyl (C=O) groups is 1. The van der Waals surface area contributed by atoms with Gasteiger partial charge < -0.3 is 18.8 Å². The summed E-state index contributed by atoms with van der Waals surface area (Å²) in [6, 6.07) is 13.5. The van der Waals surface area contributed by atoms with Crippen molar-refractivity contribution in [2.45, 2.75) is 19.9 Å². The Balaban J connectivity index is 1.91. The predicted molar refractivity (Wildman–Crippen MR) is 110 cm³/mol. The molecule has 1 heterocycles. The molecule has 0 radical (unpaired) electrons. The molecule has 148 valence electrons. The molecule has 0 saturated heterocycles. The summed E-state index contributed by atoms with van der Waals surface area (Å²) in [7, 11) is 3.17. The number of benzene rings is 2. The van der Waals surface area contributed by atoms with Crippen molar-refractivity contribution in [1.29, 1.82) is 0 Å². The highest BCUT2D eigenvalue weighted by Crippen LogP contribution is 2.25. The van der Waals surface area contributed by atoms with Crippen LogP contribution in [0.3, 0.4) is 0 Å². The number of thiazole rings is 1. The maximum Gasteiger partial charge on any atom is 0.252 e. The van der Waals surface area contributed by atoms with E-state index in [-0.39, 0.29) is 12.3 Å². The van der Waals surface area contributed by atoms with Crippen LogP contribution in [0, 0.1) is 0 Å². The smallest absolute Gasteiger partial charge is 0.252 e. The molecule has 7 heteroatoms. The fourth-order valence-corrected chi connectivity index (χ4v) is 4.00. The van der Waals surface area contributed by atoms with Gasteiger partial charge in [-0.3, -0.25) is 4.79 Å². The number of fused-ring (bicyclic) bond motifs is 1. The lowest BCUT2D eigenvalue weighted by molar-refractivity contribution is -0.117. The van der Waals surface area contributed by atoms with Gasteiger partial charge in [0.15, 0.2) is 4.80 Å². The third-order valence-electron chi connectivity index (χ3n) is 4.31. The SMILES string of the molecule is CCOCCn1c(=NC(=O)Cc2ccc(OC)cc2OC)sc2ccccc21. The average Bonchev–Trinajstić information content (AvgIpc) is 3.05. The second-order valence-electron chi connectivity index (χ2n) is 6.06. The fourth-order valence-electron chi connectivity index (χ4n) is 2.93. The molecule has 0 N–H and O–H groups in total. The Bertz CT molecular complexity index is 1020. The first-order chi connectivity index (χ1) is 13.7. The lowest BCUT2D eigenvalue weighted by atomic mass is 10.1. The van der Waals surface area contributed by atoms with Gasteiger partial charge in [-0.15, -0.1) is 0 Å². The van der Waals surface area contributed by atoms with E-state index in [1.54, 1.807) is 20.3 Å². The Morgan fingerprint density at radius 2 is 1.96 bits per heavy atom. The number of carbonyl (C=O) groups excluding carboxylic acids is 1. The molecule has 3 rings (SSSR count). The molecule has 0 aliphatic carbocycles. The van der Waals surface area contributed by atoms with Crippen molar-refractivity contribution in [3.05, 3.63) is 52.8 Å². The van der Waals surface area contributed by atoms with Crippen molar-refractivity contribution in [2.24, 2.45) is 4.99 Å². The van der Waals surface area contributed by atoms with E-state index in [1.165, 1.54) is 11.3 Å². The number of para-hydroxylation sites is 1. The van der Waals surface area contributed by atoms with Crippen LogP contribution in [0.25, 0.3) is 10.2 Å². The number of nitrogens with zero attached hydrogens (tertiary/aromatic N) is 2. The van der Waals surface area contributed by atoms with Crippen molar-refractivity contribution < 1.29 is 19.0 Å². The van der Waals surface area contributed by atoms with Crippen molar-refractivity contribution in [3.63, 3.8) is 0 Å². The molecule has 1 amide bonds. The van der Waals surface area contributed by atoms with Gasteiger partial charge in [0, 0.05) is 24.8 Å². The van der Waals surface area contributed by atoms with Gasteiger partial charge in [-0.1, -0.05) is 29.5 Å². The van der Waals surface area contributed by atoms with Crippen molar-refractivity contribution >= 4 is 27.5 Å². The van der Waals surface area contributed by atoms with Crippen LogP contribution in [-0.2, 0) is 22.5 Å². The van der Waals surface area contributed by atoms with Crippen molar-refractivity contribution in [1.82, 2.24) is 4.57 Å². The third-order valence-corrected chi connectivity index (χ3v) is 5.37. The third kappa shape index (κ3) is 4.61. The summed E-state index contributed by atoms with van der Waals surface area (Å²) in [5.41, 5.74) is 1.83. The summed E-state index contributed by atoms with van der Waals surface area (Å²) >= 11 is 1.51. The largest absolute Gasteiger partial charge is 0.497 e. The van der Waals surface area contributed by atoms with Crippen LogP contribution in [0.4, 0.5) is 0 Å². The first kappa shape index (κ1) is 20.1. The molecule has 2 aromatic carbocycles. The Labute approximate surface area is 168 Å². The average molecular weight is 401 g/mol. The van der Waals surface area contributed by atoms with Gasteiger partial charge in [0.1, 0.15) is 11.5 Å². The standard InChI is InChI=1S/C21H24N2O4S/c1-4-27-12-11-23-17-7-5-6-8-19(17)28-21(23)22-20(24)13-15-9-10-16(25-2)14-18(15)26-3/h5-10,14H,4,11-13H2,1-3H3. The number of rotatable bonds is 8. The van der Waals surface area contributed by atoms with Gasteiger partial charge in [0.05, 0.1) is 37.5 Å². The van der Waals surface area contributed by atoms with Gasteiger partial charge in [0.2, 0.25) is 0 Å². The minimum atomic E-state index is -0.222. The van der Waals surface area contributed by atoms with Crippen LogP contribution in [0.15, 0.2) is 47.5 Å². The Kier molecular flexibility index (Phi) is 6.84. The van der Waals surface area contributed by atoms with Gasteiger partial charge >= 0.3 is 0 Å². The second kappa shape index (κ2) is 9.52. The number of hydrogen-bond donors (Lipinski definition) is 0. The van der Waals surface area contributed by atoms with E-state index in [4.69, 9.17) is 14.2 Å².